The van der Waals surface area contributed by atoms with E-state index in [1.807, 2.05) is 0 Å². The average Bonchev–Trinajstić information content (AvgIpc) is 2.30. The molecule has 0 fully saturated rings. The predicted molar refractivity (Wildman–Crippen MR) is 52.6 cm³/mol. The van der Waals surface area contributed by atoms with Crippen molar-refractivity contribution in [1.82, 2.24) is 0 Å². The normalized spacial score (nSPS) is 19.5. The van der Waals surface area contributed by atoms with Crippen LogP contribution in [0.4, 0.5) is 0 Å². The Labute approximate surface area is 83.4 Å². The van der Waals surface area contributed by atoms with Crippen molar-refractivity contribution in [3.8, 4) is 0 Å². The first-order chi connectivity index (χ1) is 6.41. The summed E-state index contributed by atoms with van der Waals surface area (Å²) in [6.07, 6.45) is 1.32. The van der Waals surface area contributed by atoms with Crippen molar-refractivity contribution in [2.75, 3.05) is 6.61 Å². The van der Waals surface area contributed by atoms with Gasteiger partial charge in [0.15, 0.2) is 5.78 Å². The van der Waals surface area contributed by atoms with Gasteiger partial charge in [0.25, 0.3) is 0 Å². The predicted octanol–water partition coefficient (Wildman–Crippen LogP) is 1.64. The third-order valence-electron chi connectivity index (χ3n) is 2.50. The highest BCUT2D eigenvalue weighted by Crippen LogP contribution is 2.40. The molecule has 3 nitrogen and oxygen atoms in total. The molecular weight excluding hydrogens is 180 g/mol. The Morgan fingerprint density at radius 2 is 2.14 bits per heavy atom. The molecule has 0 atom stereocenters. The van der Waals surface area contributed by atoms with Crippen molar-refractivity contribution in [2.24, 2.45) is 5.41 Å². The van der Waals surface area contributed by atoms with Gasteiger partial charge >= 0.3 is 5.97 Å². The van der Waals surface area contributed by atoms with Crippen molar-refractivity contribution in [2.45, 2.75) is 20.8 Å². The van der Waals surface area contributed by atoms with Gasteiger partial charge in [-0.05, 0) is 13.0 Å². The Morgan fingerprint density at radius 1 is 1.57 bits per heavy atom. The zero-order valence-electron chi connectivity index (χ0n) is 8.72. The fourth-order valence-electron chi connectivity index (χ4n) is 1.39. The topological polar surface area (TPSA) is 43.4 Å². The number of allylic oxidation sites excluding steroid dienone is 2. The minimum Gasteiger partial charge on any atom is -0.463 e. The maximum atomic E-state index is 11.5. The molecule has 1 rings (SSSR count). The van der Waals surface area contributed by atoms with Crippen molar-refractivity contribution in [1.29, 1.82) is 0 Å². The quantitative estimate of drug-likeness (QED) is 0.495. The molecule has 0 bridgehead atoms. The van der Waals surface area contributed by atoms with Crippen molar-refractivity contribution in [3.05, 3.63) is 23.8 Å². The maximum Gasteiger partial charge on any atom is 0.335 e. The molecular formula is C11H14O3. The Bertz CT molecular complexity index is 334. The Hall–Kier alpha value is -1.38. The van der Waals surface area contributed by atoms with E-state index in [9.17, 15) is 9.59 Å². The van der Waals surface area contributed by atoms with Crippen LogP contribution in [0.25, 0.3) is 0 Å². The summed E-state index contributed by atoms with van der Waals surface area (Å²) in [4.78, 5) is 22.8. The fourth-order valence-corrected chi connectivity index (χ4v) is 1.39. The molecule has 1 aliphatic rings. The van der Waals surface area contributed by atoms with Crippen LogP contribution >= 0.6 is 0 Å². The Kier molecular flexibility index (Phi) is 2.60. The van der Waals surface area contributed by atoms with Crippen LogP contribution in [0.2, 0.25) is 0 Å². The van der Waals surface area contributed by atoms with E-state index in [1.54, 1.807) is 20.8 Å². The van der Waals surface area contributed by atoms with Gasteiger partial charge in [-0.1, -0.05) is 20.4 Å². The van der Waals surface area contributed by atoms with Crippen molar-refractivity contribution < 1.29 is 14.3 Å². The van der Waals surface area contributed by atoms with Gasteiger partial charge in [-0.3, -0.25) is 4.79 Å². The summed E-state index contributed by atoms with van der Waals surface area (Å²) in [6.45, 7) is 9.31. The van der Waals surface area contributed by atoms with E-state index >= 15 is 0 Å². The largest absolute Gasteiger partial charge is 0.463 e. The molecule has 0 N–H and O–H groups in total. The van der Waals surface area contributed by atoms with E-state index in [0.29, 0.717) is 17.8 Å². The monoisotopic (exact) mass is 194 g/mol. The van der Waals surface area contributed by atoms with Crippen LogP contribution < -0.4 is 0 Å². The highest BCUT2D eigenvalue weighted by Gasteiger charge is 2.40. The molecule has 0 unspecified atom stereocenters. The fraction of sp³-hybridized carbons (Fsp3) is 0.455. The van der Waals surface area contributed by atoms with Crippen molar-refractivity contribution >= 4 is 11.8 Å². The summed E-state index contributed by atoms with van der Waals surface area (Å²) in [6, 6.07) is 0. The smallest absolute Gasteiger partial charge is 0.335 e. The summed E-state index contributed by atoms with van der Waals surface area (Å²) in [5.74, 6) is -0.609. The minimum absolute atomic E-state index is 0.182. The van der Waals surface area contributed by atoms with Gasteiger partial charge in [-0.15, -0.1) is 0 Å². The molecule has 0 aliphatic heterocycles. The summed E-state index contributed by atoms with van der Waals surface area (Å²) in [7, 11) is 0. The molecule has 0 amide bonds. The lowest BCUT2D eigenvalue weighted by Crippen LogP contribution is -2.21. The molecule has 0 aromatic heterocycles. The second-order valence-electron chi connectivity index (χ2n) is 3.75. The minimum atomic E-state index is -0.594. The third kappa shape index (κ3) is 1.50. The van der Waals surface area contributed by atoms with E-state index in [1.165, 1.54) is 6.08 Å². The first kappa shape index (κ1) is 10.7. The zero-order valence-corrected chi connectivity index (χ0v) is 8.72. The summed E-state index contributed by atoms with van der Waals surface area (Å²) in [5, 5.41) is 0. The number of carbonyl (C=O) groups excluding carboxylic acids is 2. The van der Waals surface area contributed by atoms with E-state index in [4.69, 9.17) is 4.74 Å². The number of carbonyl (C=O) groups is 2. The molecule has 76 valence electrons. The molecule has 0 spiro atoms. The number of hydrogen-bond acceptors (Lipinski definition) is 3. The second kappa shape index (κ2) is 3.40. The van der Waals surface area contributed by atoms with Crippen molar-refractivity contribution in [3.63, 3.8) is 0 Å². The van der Waals surface area contributed by atoms with Crippen LogP contribution in [-0.2, 0) is 14.3 Å². The average molecular weight is 194 g/mol. The molecule has 0 aromatic carbocycles. The van der Waals surface area contributed by atoms with E-state index in [0.717, 1.165) is 0 Å². The van der Waals surface area contributed by atoms with Gasteiger partial charge in [-0.25, -0.2) is 4.79 Å². The third-order valence-corrected chi connectivity index (χ3v) is 2.50. The highest BCUT2D eigenvalue weighted by molar-refractivity contribution is 6.14. The van der Waals surface area contributed by atoms with E-state index in [2.05, 4.69) is 6.58 Å². The Morgan fingerprint density at radius 3 is 2.50 bits per heavy atom. The van der Waals surface area contributed by atoms with Crippen LogP contribution in [-0.4, -0.2) is 18.4 Å². The van der Waals surface area contributed by atoms with Crippen LogP contribution in [0.3, 0.4) is 0 Å². The van der Waals surface area contributed by atoms with Crippen LogP contribution in [0.15, 0.2) is 23.8 Å². The van der Waals surface area contributed by atoms with Crippen LogP contribution in [0, 0.1) is 5.41 Å². The number of ether oxygens (including phenoxy) is 1. The molecule has 0 saturated carbocycles. The Balaban J connectivity index is 3.00. The van der Waals surface area contributed by atoms with Gasteiger partial charge in [-0.2, -0.15) is 0 Å². The lowest BCUT2D eigenvalue weighted by molar-refractivity contribution is -0.139. The molecule has 1 aliphatic carbocycles. The van der Waals surface area contributed by atoms with Gasteiger partial charge in [0.1, 0.15) is 0 Å². The second-order valence-corrected chi connectivity index (χ2v) is 3.75. The molecule has 0 aromatic rings. The lowest BCUT2D eigenvalue weighted by Gasteiger charge is -2.21. The van der Waals surface area contributed by atoms with Gasteiger partial charge < -0.3 is 4.74 Å². The first-order valence-electron chi connectivity index (χ1n) is 4.54. The van der Waals surface area contributed by atoms with Gasteiger partial charge in [0.2, 0.25) is 0 Å². The van der Waals surface area contributed by atoms with E-state index < -0.39 is 11.4 Å². The standard InChI is InChI=1S/C11H14O3/c1-5-14-10(13)8-6-9(12)7(2)11(8,3)4/h6H,2,5H2,1,3-4H3. The molecule has 3 heteroatoms. The molecule has 0 radical (unpaired) electrons. The molecule has 0 saturated heterocycles. The van der Waals surface area contributed by atoms with Gasteiger partial charge in [0, 0.05) is 11.0 Å². The summed E-state index contributed by atoms with van der Waals surface area (Å²) >= 11 is 0. The summed E-state index contributed by atoms with van der Waals surface area (Å²) in [5.41, 5.74) is 0.249. The van der Waals surface area contributed by atoms with Crippen LogP contribution in [0.5, 0.6) is 0 Å². The van der Waals surface area contributed by atoms with Crippen LogP contribution in [0.1, 0.15) is 20.8 Å². The number of ketones is 1. The van der Waals surface area contributed by atoms with E-state index in [-0.39, 0.29) is 5.78 Å². The maximum absolute atomic E-state index is 11.5. The number of rotatable bonds is 2. The number of hydrogen-bond donors (Lipinski definition) is 0. The first-order valence-corrected chi connectivity index (χ1v) is 4.54. The number of esters is 1. The highest BCUT2D eigenvalue weighted by atomic mass is 16.5. The SMILES string of the molecule is C=C1C(=O)C=C(C(=O)OCC)C1(C)C. The van der Waals surface area contributed by atoms with Gasteiger partial charge in [0.05, 0.1) is 12.2 Å². The molecule has 14 heavy (non-hydrogen) atoms. The summed E-state index contributed by atoms with van der Waals surface area (Å²) < 4.78 is 4.86. The zero-order chi connectivity index (χ0) is 10.9. The molecule has 0 heterocycles. The lowest BCUT2D eigenvalue weighted by atomic mass is 9.82.